The molecule has 8 nitrogen and oxygen atoms in total. The van der Waals surface area contributed by atoms with Crippen molar-refractivity contribution in [2.24, 2.45) is 49.8 Å². The minimum Gasteiger partial charge on any atom is -0.392 e. The summed E-state index contributed by atoms with van der Waals surface area (Å²) in [7, 11) is 1.97. The zero-order chi connectivity index (χ0) is 41.5. The van der Waals surface area contributed by atoms with Crippen LogP contribution in [0.3, 0.4) is 0 Å². The minimum atomic E-state index is -0.709. The van der Waals surface area contributed by atoms with Crippen molar-refractivity contribution >= 4 is 17.3 Å². The predicted octanol–water partition coefficient (Wildman–Crippen LogP) is 6.35. The second-order valence-corrected chi connectivity index (χ2v) is 22.3. The van der Waals surface area contributed by atoms with Gasteiger partial charge in [-0.05, 0) is 125 Å². The molecule has 3 saturated carbocycles. The van der Waals surface area contributed by atoms with Crippen molar-refractivity contribution in [3.05, 3.63) is 69.6 Å². The van der Waals surface area contributed by atoms with Crippen molar-refractivity contribution in [2.45, 2.75) is 156 Å². The normalized spacial score (nSPS) is 44.1. The Labute approximate surface area is 347 Å². The van der Waals surface area contributed by atoms with Crippen LogP contribution in [0, 0.1) is 58.7 Å². The number of rotatable bonds is 8. The van der Waals surface area contributed by atoms with E-state index in [1.54, 1.807) is 0 Å². The highest BCUT2D eigenvalue weighted by molar-refractivity contribution is 6.08. The Morgan fingerprint density at radius 3 is 2.38 bits per heavy atom. The second-order valence-electron chi connectivity index (χ2n) is 22.3. The SMILES string of the molecule is CNCC[C@]1(C)C(=O)CC[C@@]2(C)[C@H]1CC[C@@]1(C)[C@H]2[C@H](O)[C@@H]2C[NH+]3C=C(Cc4cc(C)cc(C)c4)C4=NC=C(CC[C@@](C)(C[C@@H](O)[C@@H]5OC5(C)C)C5=C2[C@]1(C)CC5=O)C43. The topological polar surface area (TPSA) is 116 Å². The quantitative estimate of drug-likeness (QED) is 0.229. The maximum atomic E-state index is 15.2. The summed E-state index contributed by atoms with van der Waals surface area (Å²) in [6, 6.07) is 6.87. The molecule has 4 N–H and O–H groups in total. The molecular formula is C50H70N3O5+. The van der Waals surface area contributed by atoms with Crippen molar-refractivity contribution in [2.75, 3.05) is 20.1 Å². The number of aryl methyl sites for hydroxylation is 2. The van der Waals surface area contributed by atoms with Gasteiger partial charge in [0.25, 0.3) is 0 Å². The number of quaternary nitrogens is 1. The van der Waals surface area contributed by atoms with Crippen LogP contribution in [-0.2, 0) is 20.7 Å². The van der Waals surface area contributed by atoms with Crippen molar-refractivity contribution < 1.29 is 29.4 Å². The Morgan fingerprint density at radius 2 is 1.71 bits per heavy atom. The number of carbonyl (C=O) groups excluding carboxylic acids is 2. The summed E-state index contributed by atoms with van der Waals surface area (Å²) in [5.41, 5.74) is 6.98. The van der Waals surface area contributed by atoms with Gasteiger partial charge in [0.15, 0.2) is 11.8 Å². The maximum Gasteiger partial charge on any atom is 0.160 e. The Bertz CT molecular complexity index is 2060. The molecule has 0 bridgehead atoms. The van der Waals surface area contributed by atoms with E-state index in [0.29, 0.717) is 31.6 Å². The van der Waals surface area contributed by atoms with Crippen LogP contribution in [0.15, 0.2) is 57.9 Å². The summed E-state index contributed by atoms with van der Waals surface area (Å²) in [5, 5.41) is 28.8. The zero-order valence-corrected chi connectivity index (χ0v) is 37.0. The second kappa shape index (κ2) is 13.4. The minimum absolute atomic E-state index is 0.0682. The lowest BCUT2D eigenvalue weighted by Crippen LogP contribution is -3.12. The average Bonchev–Trinajstić information content (AvgIpc) is 3.39. The number of benzene rings is 1. The van der Waals surface area contributed by atoms with E-state index in [1.807, 2.05) is 20.9 Å². The fraction of sp³-hybridized carbons (Fsp3) is 0.700. The van der Waals surface area contributed by atoms with E-state index in [2.05, 4.69) is 84.4 Å². The largest absolute Gasteiger partial charge is 0.392 e. The number of fused-ring (bicyclic) bond motifs is 4. The van der Waals surface area contributed by atoms with Gasteiger partial charge in [0.05, 0.1) is 30.3 Å². The molecule has 0 aromatic heterocycles. The van der Waals surface area contributed by atoms with Gasteiger partial charge in [-0.1, -0.05) is 63.9 Å². The van der Waals surface area contributed by atoms with Gasteiger partial charge in [-0.2, -0.15) is 0 Å². The lowest BCUT2D eigenvalue weighted by Gasteiger charge is -2.70. The van der Waals surface area contributed by atoms with Crippen molar-refractivity contribution in [3.8, 4) is 0 Å². The molecule has 58 heavy (non-hydrogen) atoms. The molecule has 4 aliphatic carbocycles. The standard InChI is InChI=1S/C50H69N3O5/c1-28-19-29(2)21-30(20-28)22-32-26-53-27-33-38-39(46(5,23-35(55)44-45(3,4)58-44)14-11-31-25-52-40(32)41(31)53)34(54)24-50(38,9)49(8)16-12-36-47(6,17-18-51-10)37(56)13-15-48(36,7)43(49)42(33)57/h19-21,25-26,33,35-36,41-44,51,55,57H,11-18,22-24,27H2,1-10H3/p+1/t33-,35-,36+,41?,42-,43+,44+,46+,47+,48+,49+,50+/m1/s1. The van der Waals surface area contributed by atoms with Crippen LogP contribution in [0.5, 0.6) is 0 Å². The molecule has 8 aliphatic rings. The molecule has 1 saturated heterocycles. The van der Waals surface area contributed by atoms with Crippen LogP contribution in [0.1, 0.15) is 123 Å². The molecule has 9 rings (SSSR count). The zero-order valence-electron chi connectivity index (χ0n) is 37.0. The van der Waals surface area contributed by atoms with Gasteiger partial charge < -0.3 is 20.3 Å². The molecular weight excluding hydrogens is 723 g/mol. The fourth-order valence-electron chi connectivity index (χ4n) is 15.4. The molecule has 0 radical (unpaired) electrons. The summed E-state index contributed by atoms with van der Waals surface area (Å²) >= 11 is 0. The first-order valence-electron chi connectivity index (χ1n) is 22.6. The van der Waals surface area contributed by atoms with Crippen LogP contribution in [-0.4, -0.2) is 77.6 Å². The van der Waals surface area contributed by atoms with Gasteiger partial charge in [0.1, 0.15) is 23.8 Å². The number of ketones is 2. The number of hydrogen-bond acceptors (Lipinski definition) is 7. The van der Waals surface area contributed by atoms with E-state index in [0.717, 1.165) is 62.8 Å². The number of allylic oxidation sites excluding steroid dienone is 1. The molecule has 0 spiro atoms. The van der Waals surface area contributed by atoms with Gasteiger partial charge in [-0.3, -0.25) is 19.5 Å². The first-order valence-corrected chi connectivity index (χ1v) is 22.6. The van der Waals surface area contributed by atoms with Gasteiger partial charge in [-0.15, -0.1) is 0 Å². The highest BCUT2D eigenvalue weighted by atomic mass is 16.6. The average molecular weight is 793 g/mol. The lowest BCUT2D eigenvalue weighted by molar-refractivity contribution is -0.857. The number of ether oxygens (including phenoxy) is 1. The van der Waals surface area contributed by atoms with Crippen LogP contribution in [0.25, 0.3) is 0 Å². The third-order valence-corrected chi connectivity index (χ3v) is 18.2. The van der Waals surface area contributed by atoms with Gasteiger partial charge >= 0.3 is 0 Å². The number of aliphatic hydroxyl groups excluding tert-OH is 2. The molecule has 0 amide bonds. The predicted molar refractivity (Wildman–Crippen MR) is 227 cm³/mol. The Morgan fingerprint density at radius 1 is 1.00 bits per heavy atom. The summed E-state index contributed by atoms with van der Waals surface area (Å²) < 4.78 is 6.02. The van der Waals surface area contributed by atoms with Crippen molar-refractivity contribution in [1.29, 1.82) is 0 Å². The first kappa shape index (κ1) is 40.6. The molecule has 8 heteroatoms. The Balaban J connectivity index is 1.20. The van der Waals surface area contributed by atoms with Crippen molar-refractivity contribution in [1.82, 2.24) is 5.32 Å². The Hall–Kier alpha value is -2.75. The summed E-state index contributed by atoms with van der Waals surface area (Å²) in [6.45, 7) is 21.5. The number of nitrogens with zero attached hydrogens (tertiary/aromatic N) is 1. The van der Waals surface area contributed by atoms with Crippen LogP contribution < -0.4 is 10.2 Å². The highest BCUT2D eigenvalue weighted by Crippen LogP contribution is 2.75. The van der Waals surface area contributed by atoms with E-state index < -0.39 is 28.5 Å². The molecule has 2 unspecified atom stereocenters. The Kier molecular flexibility index (Phi) is 9.37. The molecule has 4 aliphatic heterocycles. The first-order chi connectivity index (χ1) is 27.2. The van der Waals surface area contributed by atoms with E-state index in [1.165, 1.54) is 38.3 Å². The molecule has 13 atom stereocenters. The smallest absolute Gasteiger partial charge is 0.160 e. The number of Topliss-reactive ketones (excluding diaryl/α,β-unsaturated/α-hetero) is 2. The van der Waals surface area contributed by atoms with Gasteiger partial charge in [-0.25, -0.2) is 0 Å². The third-order valence-electron chi connectivity index (χ3n) is 18.2. The third kappa shape index (κ3) is 5.73. The number of aliphatic hydroxyl groups is 2. The number of carbonyl (C=O) groups is 2. The summed E-state index contributed by atoms with van der Waals surface area (Å²) in [4.78, 5) is 35.7. The van der Waals surface area contributed by atoms with Crippen LogP contribution in [0.4, 0.5) is 0 Å². The monoisotopic (exact) mass is 793 g/mol. The fourth-order valence-corrected chi connectivity index (χ4v) is 15.4. The number of nitrogens with one attached hydrogen (secondary N) is 2. The maximum absolute atomic E-state index is 15.2. The molecule has 1 aromatic carbocycles. The van der Waals surface area contributed by atoms with Gasteiger partial charge in [0.2, 0.25) is 0 Å². The van der Waals surface area contributed by atoms with E-state index >= 15 is 4.79 Å². The van der Waals surface area contributed by atoms with Crippen molar-refractivity contribution in [3.63, 3.8) is 0 Å². The molecule has 314 valence electrons. The van der Waals surface area contributed by atoms with E-state index in [9.17, 15) is 15.0 Å². The number of epoxide rings is 1. The highest BCUT2D eigenvalue weighted by Gasteiger charge is 2.73. The van der Waals surface area contributed by atoms with Crippen LogP contribution in [0.2, 0.25) is 0 Å². The molecule has 4 heterocycles. The van der Waals surface area contributed by atoms with E-state index in [4.69, 9.17) is 9.73 Å². The summed E-state index contributed by atoms with van der Waals surface area (Å²) in [5.74, 6) is 0.375. The molecule has 4 fully saturated rings. The summed E-state index contributed by atoms with van der Waals surface area (Å²) in [6.07, 6.45) is 9.93. The lowest BCUT2D eigenvalue weighted by atomic mass is 9.34. The number of aliphatic imine (C=N–C) groups is 1. The van der Waals surface area contributed by atoms with Crippen LogP contribution >= 0.6 is 0 Å². The van der Waals surface area contributed by atoms with E-state index in [-0.39, 0.29) is 52.1 Å². The molecule has 1 aromatic rings. The number of hydrogen-bond donors (Lipinski definition) is 4. The van der Waals surface area contributed by atoms with Gasteiger partial charge in [0, 0.05) is 53.0 Å².